The summed E-state index contributed by atoms with van der Waals surface area (Å²) in [5, 5.41) is 9.59. The minimum absolute atomic E-state index is 0.238. The molecule has 3 aromatic rings. The van der Waals surface area contributed by atoms with Gasteiger partial charge in [0.1, 0.15) is 12.4 Å². The number of hydrogen-bond donors (Lipinski definition) is 2. The van der Waals surface area contributed by atoms with Gasteiger partial charge >= 0.3 is 11.7 Å². The molecule has 0 aromatic carbocycles. The molecule has 0 bridgehead atoms. The number of nitrogens with zero attached hydrogens (tertiary/aromatic N) is 4. The highest BCUT2D eigenvalue weighted by Gasteiger charge is 2.20. The van der Waals surface area contributed by atoms with E-state index in [1.165, 1.54) is 23.9 Å². The molecule has 0 fully saturated rings. The molecule has 3 rings (SSSR count). The minimum atomic E-state index is -0.481. The highest BCUT2D eigenvalue weighted by molar-refractivity contribution is 5.89. The van der Waals surface area contributed by atoms with Crippen LogP contribution in [0.4, 0.5) is 5.82 Å². The van der Waals surface area contributed by atoms with Crippen LogP contribution in [0.15, 0.2) is 29.5 Å². The average Bonchev–Trinajstić information content (AvgIpc) is 3.05. The molecule has 148 valence electrons. The summed E-state index contributed by atoms with van der Waals surface area (Å²) in [4.78, 5) is 32.1. The van der Waals surface area contributed by atoms with Crippen molar-refractivity contribution in [3.05, 3.63) is 46.4 Å². The maximum atomic E-state index is 12.0. The first-order valence-corrected chi connectivity index (χ1v) is 8.68. The van der Waals surface area contributed by atoms with E-state index in [-0.39, 0.29) is 17.7 Å². The summed E-state index contributed by atoms with van der Waals surface area (Å²) in [5.74, 6) is 0.448. The molecule has 3 aromatic heterocycles. The number of carbonyl (C=O) groups is 1. The van der Waals surface area contributed by atoms with Crippen LogP contribution in [-0.4, -0.2) is 50.8 Å². The highest BCUT2D eigenvalue weighted by atomic mass is 16.5. The van der Waals surface area contributed by atoms with Crippen LogP contribution in [-0.2, 0) is 10.2 Å². The van der Waals surface area contributed by atoms with Gasteiger partial charge in [-0.05, 0) is 6.07 Å². The molecule has 0 aliphatic carbocycles. The molecule has 0 aliphatic rings. The summed E-state index contributed by atoms with van der Waals surface area (Å²) < 4.78 is 11.7. The van der Waals surface area contributed by atoms with Crippen LogP contribution < -0.4 is 15.7 Å². The van der Waals surface area contributed by atoms with E-state index >= 15 is 0 Å². The third kappa shape index (κ3) is 4.11. The van der Waals surface area contributed by atoms with Crippen molar-refractivity contribution >= 4 is 17.4 Å². The van der Waals surface area contributed by atoms with Crippen molar-refractivity contribution in [1.29, 1.82) is 0 Å². The summed E-state index contributed by atoms with van der Waals surface area (Å²) in [6.07, 6.45) is 4.61. The molecule has 2 N–H and O–H groups in total. The van der Waals surface area contributed by atoms with Crippen molar-refractivity contribution < 1.29 is 14.3 Å². The van der Waals surface area contributed by atoms with E-state index in [4.69, 9.17) is 4.74 Å². The Balaban J connectivity index is 1.71. The van der Waals surface area contributed by atoms with Gasteiger partial charge in [-0.15, -0.1) is 5.10 Å². The summed E-state index contributed by atoms with van der Waals surface area (Å²) >= 11 is 0. The normalized spacial score (nSPS) is 11.4. The number of rotatable bonds is 6. The van der Waals surface area contributed by atoms with Gasteiger partial charge in [0, 0.05) is 17.8 Å². The molecule has 10 heteroatoms. The number of pyridine rings is 1. The maximum Gasteiger partial charge on any atom is 0.347 e. The molecule has 0 saturated carbocycles. The van der Waals surface area contributed by atoms with Crippen molar-refractivity contribution in [2.24, 2.45) is 0 Å². The predicted molar refractivity (Wildman–Crippen MR) is 102 cm³/mol. The molecular formula is C18H22N6O4. The van der Waals surface area contributed by atoms with E-state index in [0.29, 0.717) is 29.3 Å². The molecular weight excluding hydrogens is 364 g/mol. The Morgan fingerprint density at radius 2 is 2.11 bits per heavy atom. The SMILES string of the molecule is COC(=O)c1cncc(OCCNc2nc(C(C)(C)C)cn3c(=O)[nH]nc23)c1. The summed E-state index contributed by atoms with van der Waals surface area (Å²) in [6, 6.07) is 1.56. The first-order chi connectivity index (χ1) is 13.3. The van der Waals surface area contributed by atoms with Crippen molar-refractivity contribution in [3.63, 3.8) is 0 Å². The fourth-order valence-corrected chi connectivity index (χ4v) is 2.46. The number of fused-ring (bicyclic) bond motifs is 1. The number of aromatic nitrogens is 5. The number of carbonyl (C=O) groups excluding carboxylic acids is 1. The second-order valence-corrected chi connectivity index (χ2v) is 7.12. The van der Waals surface area contributed by atoms with E-state index in [2.05, 4.69) is 30.2 Å². The van der Waals surface area contributed by atoms with E-state index in [1.54, 1.807) is 12.3 Å². The van der Waals surface area contributed by atoms with Gasteiger partial charge in [-0.3, -0.25) is 4.98 Å². The lowest BCUT2D eigenvalue weighted by Gasteiger charge is -2.19. The van der Waals surface area contributed by atoms with E-state index in [1.807, 2.05) is 20.8 Å². The third-order valence-electron chi connectivity index (χ3n) is 3.97. The van der Waals surface area contributed by atoms with Crippen LogP contribution in [0.1, 0.15) is 36.8 Å². The lowest BCUT2D eigenvalue weighted by molar-refractivity contribution is 0.0599. The second kappa shape index (κ2) is 7.67. The van der Waals surface area contributed by atoms with Crippen molar-refractivity contribution in [3.8, 4) is 5.75 Å². The predicted octanol–water partition coefficient (Wildman–Crippen LogP) is 1.39. The average molecular weight is 386 g/mol. The minimum Gasteiger partial charge on any atom is -0.490 e. The van der Waals surface area contributed by atoms with Gasteiger partial charge < -0.3 is 14.8 Å². The van der Waals surface area contributed by atoms with Crippen molar-refractivity contribution in [2.75, 3.05) is 25.6 Å². The van der Waals surface area contributed by atoms with Crippen LogP contribution in [0, 0.1) is 0 Å². The Bertz CT molecular complexity index is 1050. The molecule has 0 spiro atoms. The molecule has 0 amide bonds. The number of ether oxygens (including phenoxy) is 2. The number of aromatic amines is 1. The number of esters is 1. The molecule has 3 heterocycles. The third-order valence-corrected chi connectivity index (χ3v) is 3.97. The zero-order valence-electron chi connectivity index (χ0n) is 16.1. The summed E-state index contributed by atoms with van der Waals surface area (Å²) in [5.41, 5.74) is 0.907. The van der Waals surface area contributed by atoms with Crippen LogP contribution in [0.5, 0.6) is 5.75 Å². The van der Waals surface area contributed by atoms with Gasteiger partial charge in [-0.2, -0.15) is 0 Å². The smallest absolute Gasteiger partial charge is 0.347 e. The topological polar surface area (TPSA) is 123 Å². The van der Waals surface area contributed by atoms with Crippen molar-refractivity contribution in [1.82, 2.24) is 24.6 Å². The quantitative estimate of drug-likeness (QED) is 0.481. The number of methoxy groups -OCH3 is 1. The molecule has 10 nitrogen and oxygen atoms in total. The van der Waals surface area contributed by atoms with Gasteiger partial charge in [0.25, 0.3) is 0 Å². The van der Waals surface area contributed by atoms with Gasteiger partial charge in [0.05, 0.1) is 31.1 Å². The van der Waals surface area contributed by atoms with E-state index in [9.17, 15) is 9.59 Å². The Morgan fingerprint density at radius 1 is 1.32 bits per heavy atom. The van der Waals surface area contributed by atoms with Gasteiger partial charge in [-0.1, -0.05) is 20.8 Å². The van der Waals surface area contributed by atoms with Crippen LogP contribution in [0.3, 0.4) is 0 Å². The molecule has 0 radical (unpaired) electrons. The highest BCUT2D eigenvalue weighted by Crippen LogP contribution is 2.22. The number of hydrogen-bond acceptors (Lipinski definition) is 8. The van der Waals surface area contributed by atoms with Gasteiger partial charge in [-0.25, -0.2) is 24.1 Å². The fraction of sp³-hybridized carbons (Fsp3) is 0.389. The second-order valence-electron chi connectivity index (χ2n) is 7.12. The first-order valence-electron chi connectivity index (χ1n) is 8.68. The Kier molecular flexibility index (Phi) is 5.30. The fourth-order valence-electron chi connectivity index (χ4n) is 2.46. The summed E-state index contributed by atoms with van der Waals surface area (Å²) in [7, 11) is 1.31. The lowest BCUT2D eigenvalue weighted by atomic mass is 9.93. The zero-order valence-corrected chi connectivity index (χ0v) is 16.1. The van der Waals surface area contributed by atoms with Crippen LogP contribution in [0.2, 0.25) is 0 Å². The van der Waals surface area contributed by atoms with Gasteiger partial charge in [0.2, 0.25) is 5.65 Å². The number of nitrogens with one attached hydrogen (secondary N) is 2. The monoisotopic (exact) mass is 386 g/mol. The van der Waals surface area contributed by atoms with Crippen LogP contribution in [0.25, 0.3) is 5.65 Å². The maximum absolute atomic E-state index is 12.0. The van der Waals surface area contributed by atoms with E-state index < -0.39 is 5.97 Å². The molecule has 0 saturated heterocycles. The zero-order chi connectivity index (χ0) is 20.3. The molecule has 0 aliphatic heterocycles. The molecule has 28 heavy (non-hydrogen) atoms. The van der Waals surface area contributed by atoms with Gasteiger partial charge in [0.15, 0.2) is 5.82 Å². The lowest BCUT2D eigenvalue weighted by Crippen LogP contribution is -2.20. The number of anilines is 1. The molecule has 0 unspecified atom stereocenters. The Morgan fingerprint density at radius 3 is 2.82 bits per heavy atom. The largest absolute Gasteiger partial charge is 0.490 e. The first kappa shape index (κ1) is 19.3. The molecule has 0 atom stereocenters. The summed E-state index contributed by atoms with van der Waals surface area (Å²) in [6.45, 7) is 6.73. The van der Waals surface area contributed by atoms with Crippen LogP contribution >= 0.6 is 0 Å². The number of H-pyrrole nitrogens is 1. The van der Waals surface area contributed by atoms with E-state index in [0.717, 1.165) is 5.69 Å². The Hall–Kier alpha value is -3.43. The standard InChI is InChI=1S/C18H22N6O4/c1-18(2,3)13-10-24-15(22-23-17(24)26)14(21-13)20-5-6-28-12-7-11(8-19-9-12)16(25)27-4/h7-10H,5-6H2,1-4H3,(H,20,21)(H,23,26). The Labute approximate surface area is 160 Å². The van der Waals surface area contributed by atoms with Crippen molar-refractivity contribution in [2.45, 2.75) is 26.2 Å².